The number of non-ortho nitro benzene ring substituents is 2. The molecule has 2 N–H and O–H groups in total. The Kier molecular flexibility index (Phi) is 6.33. The predicted molar refractivity (Wildman–Crippen MR) is 106 cm³/mol. The summed E-state index contributed by atoms with van der Waals surface area (Å²) in [5.74, 6) is 0. The lowest BCUT2D eigenvalue weighted by Crippen LogP contribution is -2.48. The molecule has 0 heterocycles. The number of benzene rings is 2. The first kappa shape index (κ1) is 19.9. The monoisotopic (exact) mass is 384 g/mol. The highest BCUT2D eigenvalue weighted by Crippen LogP contribution is 2.26. The van der Waals surface area contributed by atoms with E-state index < -0.39 is 9.85 Å². The highest BCUT2D eigenvalue weighted by molar-refractivity contribution is 5.34. The zero-order valence-electron chi connectivity index (χ0n) is 15.6. The van der Waals surface area contributed by atoms with Gasteiger partial charge in [-0.05, 0) is 24.0 Å². The molecular formula is C20H24N4O4. The zero-order chi connectivity index (χ0) is 20.1. The number of hydrogen-bond acceptors (Lipinski definition) is 6. The van der Waals surface area contributed by atoms with Crippen molar-refractivity contribution in [2.24, 2.45) is 5.73 Å². The molecule has 2 atom stereocenters. The minimum atomic E-state index is -0.407. The number of rotatable bonds is 7. The third-order valence-electron chi connectivity index (χ3n) is 5.32. The molecular weight excluding hydrogens is 360 g/mol. The van der Waals surface area contributed by atoms with E-state index in [1.807, 2.05) is 0 Å². The van der Waals surface area contributed by atoms with Crippen LogP contribution in [0.5, 0.6) is 0 Å². The van der Waals surface area contributed by atoms with Gasteiger partial charge in [-0.2, -0.15) is 0 Å². The van der Waals surface area contributed by atoms with Crippen LogP contribution in [0.25, 0.3) is 0 Å². The summed E-state index contributed by atoms with van der Waals surface area (Å²) in [7, 11) is 0. The van der Waals surface area contributed by atoms with Crippen LogP contribution in [0.4, 0.5) is 11.4 Å². The van der Waals surface area contributed by atoms with Crippen molar-refractivity contribution in [3.63, 3.8) is 0 Å². The normalized spacial score (nSPS) is 19.5. The lowest BCUT2D eigenvalue weighted by atomic mass is 9.89. The van der Waals surface area contributed by atoms with Gasteiger partial charge in [0, 0.05) is 49.4 Å². The van der Waals surface area contributed by atoms with Gasteiger partial charge in [-0.1, -0.05) is 37.1 Å². The Balaban J connectivity index is 1.80. The molecule has 0 spiro atoms. The molecule has 3 rings (SSSR count). The van der Waals surface area contributed by atoms with E-state index >= 15 is 0 Å². The largest absolute Gasteiger partial charge is 0.326 e. The Morgan fingerprint density at radius 2 is 1.25 bits per heavy atom. The SMILES string of the molecule is N[C@@H]1CCCC[C@H]1N(Cc1ccc([N+](=O)[O-])cc1)Cc1ccc([N+](=O)[O-])cc1. The van der Waals surface area contributed by atoms with Gasteiger partial charge < -0.3 is 5.73 Å². The Hall–Kier alpha value is -2.84. The van der Waals surface area contributed by atoms with Gasteiger partial charge in [-0.3, -0.25) is 25.1 Å². The van der Waals surface area contributed by atoms with E-state index in [0.29, 0.717) is 13.1 Å². The lowest BCUT2D eigenvalue weighted by Gasteiger charge is -2.38. The topological polar surface area (TPSA) is 116 Å². The second-order valence-electron chi connectivity index (χ2n) is 7.27. The summed E-state index contributed by atoms with van der Waals surface area (Å²) in [5, 5.41) is 21.7. The van der Waals surface area contributed by atoms with E-state index in [1.165, 1.54) is 24.3 Å². The molecule has 0 saturated heterocycles. The van der Waals surface area contributed by atoms with Crippen molar-refractivity contribution < 1.29 is 9.85 Å². The Labute approximate surface area is 163 Å². The maximum Gasteiger partial charge on any atom is 0.269 e. The van der Waals surface area contributed by atoms with Crippen molar-refractivity contribution in [3.8, 4) is 0 Å². The number of nitrogens with zero attached hydrogens (tertiary/aromatic N) is 3. The summed E-state index contributed by atoms with van der Waals surface area (Å²) in [4.78, 5) is 23.2. The second-order valence-corrected chi connectivity index (χ2v) is 7.27. The van der Waals surface area contributed by atoms with Crippen LogP contribution >= 0.6 is 0 Å². The van der Waals surface area contributed by atoms with Crippen molar-refractivity contribution in [3.05, 3.63) is 79.9 Å². The molecule has 0 bridgehead atoms. The van der Waals surface area contributed by atoms with Gasteiger partial charge in [-0.15, -0.1) is 0 Å². The van der Waals surface area contributed by atoms with Crippen LogP contribution in [0.2, 0.25) is 0 Å². The summed E-state index contributed by atoms with van der Waals surface area (Å²) < 4.78 is 0. The fraction of sp³-hybridized carbons (Fsp3) is 0.400. The lowest BCUT2D eigenvalue weighted by molar-refractivity contribution is -0.385. The van der Waals surface area contributed by atoms with Gasteiger partial charge in [0.1, 0.15) is 0 Å². The van der Waals surface area contributed by atoms with Crippen LogP contribution in [-0.4, -0.2) is 26.8 Å². The molecule has 1 fully saturated rings. The molecule has 2 aromatic carbocycles. The molecule has 1 saturated carbocycles. The fourth-order valence-electron chi connectivity index (χ4n) is 3.80. The van der Waals surface area contributed by atoms with Crippen molar-refractivity contribution >= 4 is 11.4 Å². The van der Waals surface area contributed by atoms with Gasteiger partial charge in [0.2, 0.25) is 0 Å². The molecule has 8 nitrogen and oxygen atoms in total. The Morgan fingerprint density at radius 3 is 1.64 bits per heavy atom. The van der Waals surface area contributed by atoms with Gasteiger partial charge >= 0.3 is 0 Å². The quantitative estimate of drug-likeness (QED) is 0.574. The molecule has 0 unspecified atom stereocenters. The molecule has 0 aromatic heterocycles. The second kappa shape index (κ2) is 8.90. The smallest absolute Gasteiger partial charge is 0.269 e. The molecule has 2 aromatic rings. The van der Waals surface area contributed by atoms with Crippen LogP contribution in [0.3, 0.4) is 0 Å². The first-order valence-corrected chi connectivity index (χ1v) is 9.40. The average Bonchev–Trinajstić information content (AvgIpc) is 2.69. The van der Waals surface area contributed by atoms with Crippen molar-refractivity contribution in [2.45, 2.75) is 50.9 Å². The van der Waals surface area contributed by atoms with Gasteiger partial charge in [0.15, 0.2) is 0 Å². The van der Waals surface area contributed by atoms with E-state index in [-0.39, 0.29) is 23.5 Å². The highest BCUT2D eigenvalue weighted by atomic mass is 16.6. The fourth-order valence-corrected chi connectivity index (χ4v) is 3.80. The molecule has 0 radical (unpaired) electrons. The Morgan fingerprint density at radius 1 is 0.821 bits per heavy atom. The average molecular weight is 384 g/mol. The van der Waals surface area contributed by atoms with E-state index in [4.69, 9.17) is 5.73 Å². The molecule has 28 heavy (non-hydrogen) atoms. The standard InChI is InChI=1S/C20H24N4O4/c21-19-3-1-2-4-20(19)22(13-15-5-9-17(10-6-15)23(25)26)14-16-7-11-18(12-8-16)24(27)28/h5-12,19-20H,1-4,13-14,21H2/t19-,20-/m1/s1. The predicted octanol–water partition coefficient (Wildman–Crippen LogP) is 3.78. The van der Waals surface area contributed by atoms with Crippen LogP contribution in [-0.2, 0) is 13.1 Å². The van der Waals surface area contributed by atoms with Gasteiger partial charge in [0.05, 0.1) is 9.85 Å². The minimum absolute atomic E-state index is 0.0695. The summed E-state index contributed by atoms with van der Waals surface area (Å²) in [6, 6.07) is 13.4. The number of nitrogens with two attached hydrogens (primary N) is 1. The van der Waals surface area contributed by atoms with Crippen LogP contribution < -0.4 is 5.73 Å². The highest BCUT2D eigenvalue weighted by Gasteiger charge is 2.28. The maximum absolute atomic E-state index is 10.9. The first-order valence-electron chi connectivity index (χ1n) is 9.40. The van der Waals surface area contributed by atoms with Crippen LogP contribution in [0.1, 0.15) is 36.8 Å². The van der Waals surface area contributed by atoms with E-state index in [0.717, 1.165) is 36.8 Å². The maximum atomic E-state index is 10.9. The summed E-state index contributed by atoms with van der Waals surface area (Å²) in [5.41, 5.74) is 8.49. The van der Waals surface area contributed by atoms with Crippen molar-refractivity contribution in [1.29, 1.82) is 0 Å². The number of nitro groups is 2. The molecule has 8 heteroatoms. The summed E-state index contributed by atoms with van der Waals surface area (Å²) >= 11 is 0. The van der Waals surface area contributed by atoms with Gasteiger partial charge in [-0.25, -0.2) is 0 Å². The van der Waals surface area contributed by atoms with Crippen LogP contribution in [0, 0.1) is 20.2 Å². The zero-order valence-corrected chi connectivity index (χ0v) is 15.6. The van der Waals surface area contributed by atoms with E-state index in [9.17, 15) is 20.2 Å². The van der Waals surface area contributed by atoms with E-state index in [1.54, 1.807) is 24.3 Å². The molecule has 148 valence electrons. The summed E-state index contributed by atoms with van der Waals surface area (Å²) in [6.07, 6.45) is 4.22. The molecule has 0 amide bonds. The van der Waals surface area contributed by atoms with Crippen LogP contribution in [0.15, 0.2) is 48.5 Å². The van der Waals surface area contributed by atoms with Gasteiger partial charge in [0.25, 0.3) is 11.4 Å². The van der Waals surface area contributed by atoms with Crippen molar-refractivity contribution in [1.82, 2.24) is 4.90 Å². The first-order chi connectivity index (χ1) is 13.4. The molecule has 1 aliphatic carbocycles. The third kappa shape index (κ3) is 4.90. The Bertz CT molecular complexity index is 764. The molecule has 1 aliphatic rings. The third-order valence-corrected chi connectivity index (χ3v) is 5.32. The number of hydrogen-bond donors (Lipinski definition) is 1. The van der Waals surface area contributed by atoms with E-state index in [2.05, 4.69) is 4.90 Å². The number of nitro benzene ring substituents is 2. The van der Waals surface area contributed by atoms with Crippen molar-refractivity contribution in [2.75, 3.05) is 0 Å². The minimum Gasteiger partial charge on any atom is -0.326 e. The molecule has 0 aliphatic heterocycles. The summed E-state index contributed by atoms with van der Waals surface area (Å²) in [6.45, 7) is 1.24.